The van der Waals surface area contributed by atoms with Gasteiger partial charge in [-0.1, -0.05) is 0 Å². The Morgan fingerprint density at radius 3 is 2.82 bits per heavy atom. The summed E-state index contributed by atoms with van der Waals surface area (Å²) in [5.41, 5.74) is -0.144. The van der Waals surface area contributed by atoms with Crippen LogP contribution in [0.2, 0.25) is 0 Å². The van der Waals surface area contributed by atoms with Crippen LogP contribution in [0.4, 0.5) is 5.69 Å². The van der Waals surface area contributed by atoms with E-state index in [9.17, 15) is 14.9 Å². The lowest BCUT2D eigenvalue weighted by Gasteiger charge is -2.23. The summed E-state index contributed by atoms with van der Waals surface area (Å²) in [6.45, 7) is 1.65. The smallest absolute Gasteiger partial charge is 0.311 e. The molecule has 2 rings (SSSR count). The molecule has 0 saturated carbocycles. The summed E-state index contributed by atoms with van der Waals surface area (Å²) in [6.07, 6.45) is 1.80. The lowest BCUT2D eigenvalue weighted by molar-refractivity contribution is -0.385. The van der Waals surface area contributed by atoms with Crippen LogP contribution < -0.4 is 20.1 Å². The van der Waals surface area contributed by atoms with Crippen molar-refractivity contribution in [2.45, 2.75) is 18.9 Å². The molecule has 2 N–H and O–H groups in total. The molecule has 8 heteroatoms. The first-order chi connectivity index (χ1) is 10.6. The van der Waals surface area contributed by atoms with E-state index >= 15 is 0 Å². The van der Waals surface area contributed by atoms with E-state index in [1.165, 1.54) is 25.3 Å². The number of nitrogens with zero attached hydrogens (tertiary/aromatic N) is 1. The first-order valence-corrected chi connectivity index (χ1v) is 7.05. The molecule has 0 aliphatic carbocycles. The number of carbonyl (C=O) groups is 1. The number of nitrogens with one attached hydrogen (secondary N) is 2. The van der Waals surface area contributed by atoms with Crippen molar-refractivity contribution in [1.29, 1.82) is 0 Å². The van der Waals surface area contributed by atoms with E-state index < -0.39 is 4.92 Å². The van der Waals surface area contributed by atoms with Gasteiger partial charge in [0.1, 0.15) is 5.75 Å². The van der Waals surface area contributed by atoms with Crippen molar-refractivity contribution in [2.75, 3.05) is 26.8 Å². The summed E-state index contributed by atoms with van der Waals surface area (Å²) >= 11 is 0. The van der Waals surface area contributed by atoms with Crippen LogP contribution in [0.25, 0.3) is 0 Å². The van der Waals surface area contributed by atoms with Crippen molar-refractivity contribution in [1.82, 2.24) is 10.6 Å². The monoisotopic (exact) mass is 309 g/mol. The molecule has 0 unspecified atom stereocenters. The van der Waals surface area contributed by atoms with Gasteiger partial charge in [0, 0.05) is 18.2 Å². The Morgan fingerprint density at radius 1 is 1.45 bits per heavy atom. The molecule has 1 saturated heterocycles. The molecular weight excluding hydrogens is 290 g/mol. The fraction of sp³-hybridized carbons (Fsp3) is 0.500. The quantitative estimate of drug-likeness (QED) is 0.596. The maximum atomic E-state index is 11.8. The molecule has 1 aliphatic heterocycles. The van der Waals surface area contributed by atoms with Gasteiger partial charge >= 0.3 is 5.69 Å². The van der Waals surface area contributed by atoms with Crippen molar-refractivity contribution < 1.29 is 19.2 Å². The molecule has 8 nitrogen and oxygen atoms in total. The number of nitro groups is 1. The molecular formula is C14H19N3O5. The van der Waals surface area contributed by atoms with Gasteiger partial charge in [-0.15, -0.1) is 0 Å². The van der Waals surface area contributed by atoms with Gasteiger partial charge in [-0.3, -0.25) is 14.9 Å². The second-order valence-electron chi connectivity index (χ2n) is 4.97. The Kier molecular flexibility index (Phi) is 5.54. The third-order valence-electron chi connectivity index (χ3n) is 3.42. The van der Waals surface area contributed by atoms with Crippen molar-refractivity contribution in [2.24, 2.45) is 0 Å². The van der Waals surface area contributed by atoms with E-state index in [1.54, 1.807) is 0 Å². The molecule has 1 fully saturated rings. The second-order valence-corrected chi connectivity index (χ2v) is 4.97. The Labute approximate surface area is 127 Å². The highest BCUT2D eigenvalue weighted by Gasteiger charge is 2.17. The highest BCUT2D eigenvalue weighted by molar-refractivity contribution is 5.77. The Balaban J connectivity index is 1.88. The summed E-state index contributed by atoms with van der Waals surface area (Å²) in [6, 6.07) is 4.30. The first-order valence-electron chi connectivity index (χ1n) is 7.05. The minimum Gasteiger partial charge on any atom is -0.490 e. The zero-order valence-electron chi connectivity index (χ0n) is 12.3. The van der Waals surface area contributed by atoms with Gasteiger partial charge in [0.15, 0.2) is 6.61 Å². The maximum Gasteiger partial charge on any atom is 0.311 e. The Hall–Kier alpha value is -2.35. The molecule has 0 radical (unpaired) electrons. The summed E-state index contributed by atoms with van der Waals surface area (Å²) in [5.74, 6) is 0.244. The molecule has 0 aromatic heterocycles. The molecule has 22 heavy (non-hydrogen) atoms. The van der Waals surface area contributed by atoms with Gasteiger partial charge in [-0.25, -0.2) is 0 Å². The standard InChI is InChI=1S/C14H19N3O5/c1-21-13-8-11(2-3-12(13)17(19)20)22-9-14(18)16-10-4-6-15-7-5-10/h2-3,8,10,15H,4-7,9H2,1H3,(H,16,18). The number of carbonyl (C=O) groups excluding carboxylic acids is 1. The molecule has 120 valence electrons. The number of methoxy groups -OCH3 is 1. The van der Waals surface area contributed by atoms with Crippen LogP contribution in [0.5, 0.6) is 11.5 Å². The summed E-state index contributed by atoms with van der Waals surface area (Å²) in [4.78, 5) is 22.1. The molecule has 0 spiro atoms. The SMILES string of the molecule is COc1cc(OCC(=O)NC2CCNCC2)ccc1[N+](=O)[O-]. The van der Waals surface area contributed by atoms with E-state index in [1.807, 2.05) is 0 Å². The van der Waals surface area contributed by atoms with Crippen molar-refractivity contribution in [3.63, 3.8) is 0 Å². The van der Waals surface area contributed by atoms with Gasteiger partial charge in [-0.2, -0.15) is 0 Å². The lowest BCUT2D eigenvalue weighted by atomic mass is 10.1. The van der Waals surface area contributed by atoms with Crippen LogP contribution in [0.1, 0.15) is 12.8 Å². The van der Waals surface area contributed by atoms with Crippen LogP contribution in [0, 0.1) is 10.1 Å². The Morgan fingerprint density at radius 2 is 2.18 bits per heavy atom. The third kappa shape index (κ3) is 4.32. The van der Waals surface area contributed by atoms with Gasteiger partial charge in [0.05, 0.1) is 12.0 Å². The van der Waals surface area contributed by atoms with Crippen LogP contribution in [-0.2, 0) is 4.79 Å². The van der Waals surface area contributed by atoms with Gasteiger partial charge in [0.25, 0.3) is 5.91 Å². The minimum atomic E-state index is -0.535. The van der Waals surface area contributed by atoms with E-state index in [2.05, 4.69) is 10.6 Å². The molecule has 1 aromatic rings. The average Bonchev–Trinajstić information content (AvgIpc) is 2.53. The molecule has 0 bridgehead atoms. The summed E-state index contributed by atoms with van der Waals surface area (Å²) in [5, 5.41) is 16.9. The van der Waals surface area contributed by atoms with E-state index in [4.69, 9.17) is 9.47 Å². The van der Waals surface area contributed by atoms with Gasteiger partial charge < -0.3 is 20.1 Å². The number of hydrogen-bond acceptors (Lipinski definition) is 6. The van der Waals surface area contributed by atoms with Crippen LogP contribution in [0.3, 0.4) is 0 Å². The summed E-state index contributed by atoms with van der Waals surface area (Å²) in [7, 11) is 1.34. The normalized spacial score (nSPS) is 15.1. The predicted octanol–water partition coefficient (Wildman–Crippen LogP) is 0.850. The maximum absolute atomic E-state index is 11.8. The fourth-order valence-electron chi connectivity index (χ4n) is 2.28. The van der Waals surface area contributed by atoms with Crippen molar-refractivity contribution >= 4 is 11.6 Å². The van der Waals surface area contributed by atoms with Crippen molar-refractivity contribution in [3.8, 4) is 11.5 Å². The second kappa shape index (κ2) is 7.60. The molecule has 1 aliphatic rings. The lowest BCUT2D eigenvalue weighted by Crippen LogP contribution is -2.44. The largest absolute Gasteiger partial charge is 0.490 e. The highest BCUT2D eigenvalue weighted by Crippen LogP contribution is 2.30. The van der Waals surface area contributed by atoms with E-state index in [0.717, 1.165) is 25.9 Å². The Bertz CT molecular complexity index is 543. The highest BCUT2D eigenvalue weighted by atomic mass is 16.6. The predicted molar refractivity (Wildman–Crippen MR) is 79.2 cm³/mol. The number of nitro benzene ring substituents is 1. The number of amides is 1. The fourth-order valence-corrected chi connectivity index (χ4v) is 2.28. The molecule has 0 atom stereocenters. The number of benzene rings is 1. The topological polar surface area (TPSA) is 103 Å². The zero-order valence-corrected chi connectivity index (χ0v) is 12.3. The minimum absolute atomic E-state index is 0.0984. The third-order valence-corrected chi connectivity index (χ3v) is 3.42. The average molecular weight is 309 g/mol. The number of piperidine rings is 1. The van der Waals surface area contributed by atoms with Crippen LogP contribution in [-0.4, -0.2) is 43.7 Å². The zero-order chi connectivity index (χ0) is 15.9. The summed E-state index contributed by atoms with van der Waals surface area (Å²) < 4.78 is 10.3. The molecule has 1 aromatic carbocycles. The number of rotatable bonds is 6. The van der Waals surface area contributed by atoms with Crippen molar-refractivity contribution in [3.05, 3.63) is 28.3 Å². The van der Waals surface area contributed by atoms with Gasteiger partial charge in [-0.05, 0) is 32.0 Å². The number of ether oxygens (including phenoxy) is 2. The molecule has 1 amide bonds. The van der Waals surface area contributed by atoms with Crippen LogP contribution in [0.15, 0.2) is 18.2 Å². The van der Waals surface area contributed by atoms with E-state index in [0.29, 0.717) is 5.75 Å². The first kappa shape index (κ1) is 16.0. The van der Waals surface area contributed by atoms with Crippen LogP contribution >= 0.6 is 0 Å². The molecule has 1 heterocycles. The number of hydrogen-bond donors (Lipinski definition) is 2. The van der Waals surface area contributed by atoms with E-state index in [-0.39, 0.29) is 30.0 Å². The van der Waals surface area contributed by atoms with Gasteiger partial charge in [0.2, 0.25) is 5.75 Å².